The summed E-state index contributed by atoms with van der Waals surface area (Å²) in [5.74, 6) is 0.562. The first-order valence-electron chi connectivity index (χ1n) is 8.39. The minimum Gasteiger partial charge on any atom is -0.467 e. The van der Waals surface area contributed by atoms with Gasteiger partial charge in [-0.3, -0.25) is 14.2 Å². The van der Waals surface area contributed by atoms with E-state index in [9.17, 15) is 9.59 Å². The summed E-state index contributed by atoms with van der Waals surface area (Å²) in [5, 5.41) is 0.712. The number of furan rings is 1. The number of fused-ring (bicyclic) bond motifs is 3. The van der Waals surface area contributed by atoms with E-state index in [4.69, 9.17) is 4.42 Å². The van der Waals surface area contributed by atoms with Crippen molar-refractivity contribution in [1.82, 2.24) is 14.5 Å². The van der Waals surface area contributed by atoms with E-state index in [2.05, 4.69) is 4.98 Å². The Hall–Kier alpha value is -2.41. The number of aromatic nitrogens is 2. The summed E-state index contributed by atoms with van der Waals surface area (Å²) >= 11 is 1.62. The van der Waals surface area contributed by atoms with Gasteiger partial charge in [-0.15, -0.1) is 11.3 Å². The molecule has 0 saturated heterocycles. The number of hydrogen-bond acceptors (Lipinski definition) is 5. The Balaban J connectivity index is 1.60. The van der Waals surface area contributed by atoms with E-state index in [1.165, 1.54) is 22.2 Å². The van der Waals surface area contributed by atoms with Crippen molar-refractivity contribution in [2.45, 2.75) is 38.8 Å². The molecular weight excluding hydrogens is 338 g/mol. The molecule has 1 aliphatic carbocycles. The molecule has 1 amide bonds. The molecule has 0 spiro atoms. The third-order valence-electron chi connectivity index (χ3n) is 4.65. The van der Waals surface area contributed by atoms with Crippen LogP contribution in [0.5, 0.6) is 0 Å². The van der Waals surface area contributed by atoms with Gasteiger partial charge in [0, 0.05) is 11.9 Å². The monoisotopic (exact) mass is 357 g/mol. The van der Waals surface area contributed by atoms with E-state index >= 15 is 0 Å². The van der Waals surface area contributed by atoms with Crippen LogP contribution in [-0.4, -0.2) is 27.4 Å². The first kappa shape index (κ1) is 16.1. The van der Waals surface area contributed by atoms with Gasteiger partial charge < -0.3 is 9.32 Å². The lowest BCUT2D eigenvalue weighted by Gasteiger charge is -2.16. The second-order valence-electron chi connectivity index (χ2n) is 6.40. The van der Waals surface area contributed by atoms with E-state index in [0.717, 1.165) is 29.7 Å². The highest BCUT2D eigenvalue weighted by Crippen LogP contribution is 2.33. The molecule has 0 unspecified atom stereocenters. The fraction of sp³-hybridized carbons (Fsp3) is 0.389. The fourth-order valence-corrected chi connectivity index (χ4v) is 4.50. The number of rotatable bonds is 4. The summed E-state index contributed by atoms with van der Waals surface area (Å²) in [7, 11) is 1.70. The van der Waals surface area contributed by atoms with E-state index < -0.39 is 0 Å². The van der Waals surface area contributed by atoms with Crippen molar-refractivity contribution in [3.63, 3.8) is 0 Å². The average molecular weight is 357 g/mol. The molecule has 25 heavy (non-hydrogen) atoms. The van der Waals surface area contributed by atoms with Crippen molar-refractivity contribution in [3.05, 3.63) is 51.3 Å². The van der Waals surface area contributed by atoms with Gasteiger partial charge in [0.25, 0.3) is 5.56 Å². The quantitative estimate of drug-likeness (QED) is 0.720. The van der Waals surface area contributed by atoms with Gasteiger partial charge in [-0.05, 0) is 43.4 Å². The van der Waals surface area contributed by atoms with Crippen LogP contribution in [-0.2, 0) is 30.7 Å². The molecule has 130 valence electrons. The van der Waals surface area contributed by atoms with Crippen molar-refractivity contribution in [3.8, 4) is 0 Å². The molecule has 1 aliphatic rings. The van der Waals surface area contributed by atoms with Crippen LogP contribution in [0.15, 0.2) is 33.9 Å². The molecule has 0 atom stereocenters. The number of carbonyl (C=O) groups excluding carboxylic acids is 1. The predicted octanol–water partition coefficient (Wildman–Crippen LogP) is 2.59. The van der Waals surface area contributed by atoms with Crippen LogP contribution >= 0.6 is 11.3 Å². The molecule has 3 heterocycles. The molecule has 7 heteroatoms. The molecule has 6 nitrogen and oxygen atoms in total. The summed E-state index contributed by atoms with van der Waals surface area (Å²) in [6.45, 7) is 0.369. The molecule has 3 aromatic heterocycles. The molecule has 0 radical (unpaired) electrons. The Bertz CT molecular complexity index is 972. The lowest BCUT2D eigenvalue weighted by Crippen LogP contribution is -2.33. The SMILES string of the molecule is CN(Cc1ccco1)C(=O)Cn1cnc2sc3c(c2c1=O)CCCC3. The molecule has 4 rings (SSSR count). The molecule has 3 aromatic rings. The van der Waals surface area contributed by atoms with Gasteiger partial charge in [0.2, 0.25) is 5.91 Å². The normalized spacial score (nSPS) is 13.8. The Labute approximate surface area is 148 Å². The maximum atomic E-state index is 12.9. The van der Waals surface area contributed by atoms with Crippen LogP contribution in [0.2, 0.25) is 0 Å². The van der Waals surface area contributed by atoms with Crippen molar-refractivity contribution in [1.29, 1.82) is 0 Å². The minimum atomic E-state index is -0.149. The molecule has 0 aliphatic heterocycles. The third kappa shape index (κ3) is 3.00. The second-order valence-corrected chi connectivity index (χ2v) is 7.48. The second kappa shape index (κ2) is 6.48. The van der Waals surface area contributed by atoms with Crippen LogP contribution in [0.4, 0.5) is 0 Å². The van der Waals surface area contributed by atoms with Gasteiger partial charge in [-0.1, -0.05) is 0 Å². The van der Waals surface area contributed by atoms with Crippen molar-refractivity contribution < 1.29 is 9.21 Å². The predicted molar refractivity (Wildman–Crippen MR) is 95.7 cm³/mol. The Kier molecular flexibility index (Phi) is 4.17. The number of thiophene rings is 1. The maximum Gasteiger partial charge on any atom is 0.262 e. The standard InChI is InChI=1S/C18H19N3O3S/c1-20(9-12-5-4-8-24-12)15(22)10-21-11-19-17-16(18(21)23)13-6-2-3-7-14(13)25-17/h4-5,8,11H,2-3,6-7,9-10H2,1H3. The Morgan fingerprint density at radius 1 is 1.40 bits per heavy atom. The van der Waals surface area contributed by atoms with Crippen LogP contribution in [0.25, 0.3) is 10.2 Å². The molecule has 0 saturated carbocycles. The van der Waals surface area contributed by atoms with Gasteiger partial charge in [-0.2, -0.15) is 0 Å². The number of aryl methyl sites for hydroxylation is 2. The number of carbonyl (C=O) groups is 1. The molecular formula is C18H19N3O3S. The lowest BCUT2D eigenvalue weighted by molar-refractivity contribution is -0.131. The van der Waals surface area contributed by atoms with Crippen LogP contribution in [0.1, 0.15) is 29.0 Å². The first-order valence-corrected chi connectivity index (χ1v) is 9.21. The fourth-order valence-electron chi connectivity index (χ4n) is 3.28. The lowest BCUT2D eigenvalue weighted by atomic mass is 9.97. The molecule has 0 N–H and O–H groups in total. The number of hydrogen-bond donors (Lipinski definition) is 0. The topological polar surface area (TPSA) is 68.3 Å². The van der Waals surface area contributed by atoms with Gasteiger partial charge in [0.15, 0.2) is 0 Å². The van der Waals surface area contributed by atoms with Gasteiger partial charge in [0.05, 0.1) is 24.5 Å². The summed E-state index contributed by atoms with van der Waals surface area (Å²) in [4.78, 5) is 33.4. The van der Waals surface area contributed by atoms with E-state index in [1.807, 2.05) is 6.07 Å². The summed E-state index contributed by atoms with van der Waals surface area (Å²) in [6.07, 6.45) is 7.31. The largest absolute Gasteiger partial charge is 0.467 e. The number of likely N-dealkylation sites (N-methyl/N-ethyl adjacent to an activating group) is 1. The minimum absolute atomic E-state index is 0.0103. The average Bonchev–Trinajstić information content (AvgIpc) is 3.24. The third-order valence-corrected chi connectivity index (χ3v) is 5.85. The van der Waals surface area contributed by atoms with E-state index in [0.29, 0.717) is 17.7 Å². The van der Waals surface area contributed by atoms with Crippen molar-refractivity contribution in [2.24, 2.45) is 0 Å². The smallest absolute Gasteiger partial charge is 0.262 e. The number of nitrogens with zero attached hydrogens (tertiary/aromatic N) is 3. The highest BCUT2D eigenvalue weighted by atomic mass is 32.1. The molecule has 0 fully saturated rings. The van der Waals surface area contributed by atoms with Crippen molar-refractivity contribution >= 4 is 27.5 Å². The summed E-state index contributed by atoms with van der Waals surface area (Å²) in [5.41, 5.74) is 1.04. The maximum absolute atomic E-state index is 12.9. The molecule has 0 aromatic carbocycles. The number of amides is 1. The highest BCUT2D eigenvalue weighted by molar-refractivity contribution is 7.18. The van der Waals surface area contributed by atoms with Crippen LogP contribution in [0.3, 0.4) is 0 Å². The van der Waals surface area contributed by atoms with E-state index in [1.54, 1.807) is 35.6 Å². The highest BCUT2D eigenvalue weighted by Gasteiger charge is 2.21. The summed E-state index contributed by atoms with van der Waals surface area (Å²) < 4.78 is 6.69. The zero-order valence-corrected chi connectivity index (χ0v) is 14.8. The molecule has 0 bridgehead atoms. The van der Waals surface area contributed by atoms with Crippen LogP contribution < -0.4 is 5.56 Å². The first-order chi connectivity index (χ1) is 12.1. The Morgan fingerprint density at radius 2 is 2.24 bits per heavy atom. The zero-order valence-electron chi connectivity index (χ0n) is 14.0. The van der Waals surface area contributed by atoms with Gasteiger partial charge >= 0.3 is 0 Å². The van der Waals surface area contributed by atoms with Crippen LogP contribution in [0, 0.1) is 0 Å². The summed E-state index contributed by atoms with van der Waals surface area (Å²) in [6, 6.07) is 3.61. The Morgan fingerprint density at radius 3 is 3.04 bits per heavy atom. The van der Waals surface area contributed by atoms with Gasteiger partial charge in [0.1, 0.15) is 17.1 Å². The zero-order chi connectivity index (χ0) is 17.4. The van der Waals surface area contributed by atoms with E-state index in [-0.39, 0.29) is 18.0 Å². The van der Waals surface area contributed by atoms with Gasteiger partial charge in [-0.25, -0.2) is 4.98 Å². The van der Waals surface area contributed by atoms with Crippen molar-refractivity contribution in [2.75, 3.05) is 7.05 Å².